The van der Waals surface area contributed by atoms with Crippen LogP contribution < -0.4 is 0 Å². The van der Waals surface area contributed by atoms with Gasteiger partial charge >= 0.3 is 29.8 Å². The van der Waals surface area contributed by atoms with Crippen molar-refractivity contribution < 1.29 is 52.4 Å². The Bertz CT molecular complexity index is 1800. The van der Waals surface area contributed by atoms with Gasteiger partial charge < -0.3 is 28.4 Å². The van der Waals surface area contributed by atoms with Crippen LogP contribution in [0.25, 0.3) is 0 Å². The lowest BCUT2D eigenvalue weighted by molar-refractivity contribution is -0.311. The van der Waals surface area contributed by atoms with Crippen LogP contribution in [0.15, 0.2) is 85.2 Å². The van der Waals surface area contributed by atoms with Gasteiger partial charge in [-0.25, -0.2) is 14.4 Å². The number of aromatic nitrogens is 1. The van der Waals surface area contributed by atoms with Crippen LogP contribution in [0.4, 0.5) is 0 Å². The van der Waals surface area contributed by atoms with Crippen LogP contribution in [-0.4, -0.2) is 76.6 Å². The van der Waals surface area contributed by atoms with Gasteiger partial charge in [0.15, 0.2) is 12.2 Å². The van der Waals surface area contributed by atoms with E-state index in [0.717, 1.165) is 0 Å². The number of benzene rings is 2. The molecule has 2 saturated carbocycles. The van der Waals surface area contributed by atoms with E-state index in [4.69, 9.17) is 28.4 Å². The monoisotopic (exact) mass is 699 g/mol. The number of ether oxygens (including phenoxy) is 6. The molecule has 12 heteroatoms. The molecule has 0 radical (unpaired) electrons. The molecule has 12 nitrogen and oxygen atoms in total. The first-order valence-electron chi connectivity index (χ1n) is 16.9. The third kappa shape index (κ3) is 6.15. The van der Waals surface area contributed by atoms with Crippen molar-refractivity contribution >= 4 is 29.8 Å². The minimum atomic E-state index is -1.69. The first-order valence-corrected chi connectivity index (χ1v) is 16.9. The van der Waals surface area contributed by atoms with E-state index in [-0.39, 0.29) is 23.1 Å². The molecule has 2 aromatic carbocycles. The van der Waals surface area contributed by atoms with Crippen molar-refractivity contribution in [3.63, 3.8) is 0 Å². The maximum absolute atomic E-state index is 14.0. The number of hydrogen-bond donors (Lipinski definition) is 0. The van der Waals surface area contributed by atoms with Crippen molar-refractivity contribution in [1.29, 1.82) is 0 Å². The van der Waals surface area contributed by atoms with Crippen LogP contribution in [0.1, 0.15) is 79.0 Å². The highest BCUT2D eigenvalue weighted by Crippen LogP contribution is 2.68. The Morgan fingerprint density at radius 1 is 0.667 bits per heavy atom. The highest BCUT2D eigenvalue weighted by atomic mass is 16.6. The smallest absolute Gasteiger partial charge is 0.340 e. The number of hydrogen-bond acceptors (Lipinski definition) is 12. The Morgan fingerprint density at radius 3 is 1.73 bits per heavy atom. The van der Waals surface area contributed by atoms with E-state index in [9.17, 15) is 24.0 Å². The zero-order valence-corrected chi connectivity index (χ0v) is 29.3. The summed E-state index contributed by atoms with van der Waals surface area (Å²) in [5.74, 6) is -4.96. The summed E-state index contributed by atoms with van der Waals surface area (Å²) in [4.78, 5) is 71.5. The summed E-state index contributed by atoms with van der Waals surface area (Å²) < 4.78 is 38.2. The number of carbonyl (C=O) groups is 5. The van der Waals surface area contributed by atoms with E-state index >= 15 is 0 Å². The molecule has 3 aliphatic rings. The van der Waals surface area contributed by atoms with E-state index in [1.54, 1.807) is 93.6 Å². The summed E-state index contributed by atoms with van der Waals surface area (Å²) in [6, 6.07) is 19.6. The molecule has 1 saturated heterocycles. The van der Waals surface area contributed by atoms with Gasteiger partial charge in [-0.2, -0.15) is 0 Å². The minimum absolute atomic E-state index is 0.0898. The normalized spacial score (nSPS) is 31.7. The predicted molar refractivity (Wildman–Crippen MR) is 179 cm³/mol. The molecule has 51 heavy (non-hydrogen) atoms. The van der Waals surface area contributed by atoms with Crippen molar-refractivity contribution in [2.24, 2.45) is 17.3 Å². The van der Waals surface area contributed by atoms with E-state index in [0.29, 0.717) is 0 Å². The van der Waals surface area contributed by atoms with Gasteiger partial charge in [-0.3, -0.25) is 14.6 Å². The molecule has 1 spiro atoms. The van der Waals surface area contributed by atoms with Gasteiger partial charge in [0, 0.05) is 26.2 Å². The van der Waals surface area contributed by atoms with Gasteiger partial charge in [0.1, 0.15) is 23.9 Å². The number of pyridine rings is 1. The number of carbonyl (C=O) groups excluding carboxylic acids is 5. The third-order valence-electron chi connectivity index (χ3n) is 10.6. The average Bonchev–Trinajstić information content (AvgIpc) is 3.30. The van der Waals surface area contributed by atoms with Crippen molar-refractivity contribution in [2.45, 2.75) is 89.7 Å². The quantitative estimate of drug-likeness (QED) is 0.226. The number of esters is 5. The molecule has 6 rings (SSSR count). The van der Waals surface area contributed by atoms with Gasteiger partial charge in [-0.1, -0.05) is 43.3 Å². The Labute approximate surface area is 295 Å². The first kappa shape index (κ1) is 35.7. The van der Waals surface area contributed by atoms with Crippen LogP contribution in [0, 0.1) is 17.3 Å². The van der Waals surface area contributed by atoms with Crippen LogP contribution in [-0.2, 0) is 38.0 Å². The molecule has 2 aliphatic carbocycles. The van der Waals surface area contributed by atoms with E-state index in [1.807, 2.05) is 6.92 Å². The fraction of sp³-hybridized carbons (Fsp3) is 0.436. The Morgan fingerprint density at radius 2 is 1.20 bits per heavy atom. The van der Waals surface area contributed by atoms with Crippen molar-refractivity contribution in [2.75, 3.05) is 0 Å². The SMILES string of the molecule is CC(=O)O[C@H]1[C@H]2[C@@H](OC(C)=O)[C@@]3(OC2(C)C)[C@H](C)C[C@H](OC(=O)c2cccnc2)[C@H](OC(=O)c2ccccc2)[C@]3(C)[C@@H]1OC(=O)c1ccccc1. The van der Waals surface area contributed by atoms with Crippen molar-refractivity contribution in [3.05, 3.63) is 102 Å². The molecule has 3 fully saturated rings. The molecule has 0 N–H and O–H groups in total. The van der Waals surface area contributed by atoms with Crippen LogP contribution in [0.5, 0.6) is 0 Å². The lowest BCUT2D eigenvalue weighted by Gasteiger charge is -2.63. The largest absolute Gasteiger partial charge is 0.459 e. The third-order valence-corrected chi connectivity index (χ3v) is 10.6. The lowest BCUT2D eigenvalue weighted by atomic mass is 9.47. The maximum atomic E-state index is 14.0. The standard InChI is InChI=1S/C39H41NO11/c1-22-20-28(48-36(45)27-18-13-19-40-21-27)31(49-34(43)25-14-9-7-10-15-25)38(6)33(50-35(44)26-16-11-8-12-17-26)30(46-23(2)41)29-32(47-24(3)42)39(22,38)51-37(29,4)5/h7-19,21-22,28-33H,20H2,1-6H3/t22-,28+,29+,30+,31+,32-,33-,38-,39+/m1/s1. The molecule has 3 aromatic rings. The van der Waals surface area contributed by atoms with E-state index < -0.39 is 88.8 Å². The topological polar surface area (TPSA) is 154 Å². The molecule has 268 valence electrons. The maximum Gasteiger partial charge on any atom is 0.340 e. The van der Waals surface area contributed by atoms with Crippen LogP contribution in [0.2, 0.25) is 0 Å². The molecular weight excluding hydrogens is 658 g/mol. The molecule has 1 aromatic heterocycles. The van der Waals surface area contributed by atoms with Crippen molar-refractivity contribution in [1.82, 2.24) is 4.98 Å². The van der Waals surface area contributed by atoms with Gasteiger partial charge in [0.05, 0.1) is 33.6 Å². The number of fused-ring (bicyclic) bond motifs is 1. The van der Waals surface area contributed by atoms with Gasteiger partial charge in [0.25, 0.3) is 0 Å². The van der Waals surface area contributed by atoms with Crippen LogP contribution >= 0.6 is 0 Å². The average molecular weight is 700 g/mol. The molecule has 9 atom stereocenters. The zero-order valence-electron chi connectivity index (χ0n) is 29.3. The second-order valence-electron chi connectivity index (χ2n) is 14.1. The van der Waals surface area contributed by atoms with Crippen molar-refractivity contribution in [3.8, 4) is 0 Å². The summed E-state index contributed by atoms with van der Waals surface area (Å²) >= 11 is 0. The summed E-state index contributed by atoms with van der Waals surface area (Å²) in [6.07, 6.45) is -3.30. The lowest BCUT2D eigenvalue weighted by Crippen LogP contribution is -2.79. The predicted octanol–water partition coefficient (Wildman–Crippen LogP) is 5.15. The Kier molecular flexibility index (Phi) is 9.49. The molecule has 0 amide bonds. The minimum Gasteiger partial charge on any atom is -0.459 e. The second kappa shape index (κ2) is 13.6. The van der Waals surface area contributed by atoms with Gasteiger partial charge in [0.2, 0.25) is 0 Å². The van der Waals surface area contributed by atoms with E-state index in [2.05, 4.69) is 4.98 Å². The summed E-state index contributed by atoms with van der Waals surface area (Å²) in [7, 11) is 0. The molecule has 2 bridgehead atoms. The fourth-order valence-electron chi connectivity index (χ4n) is 8.63. The highest BCUT2D eigenvalue weighted by molar-refractivity contribution is 5.91. The zero-order chi connectivity index (χ0) is 36.7. The Hall–Kier alpha value is -5.10. The molecule has 2 heterocycles. The fourth-order valence-corrected chi connectivity index (χ4v) is 8.63. The van der Waals surface area contributed by atoms with Crippen LogP contribution in [0.3, 0.4) is 0 Å². The van der Waals surface area contributed by atoms with Gasteiger partial charge in [-0.05, 0) is 69.5 Å². The highest BCUT2D eigenvalue weighted by Gasteiger charge is 2.84. The Balaban J connectivity index is 1.59. The second-order valence-corrected chi connectivity index (χ2v) is 14.1. The molecule has 1 aliphatic heterocycles. The van der Waals surface area contributed by atoms with Gasteiger partial charge in [-0.15, -0.1) is 0 Å². The summed E-state index contributed by atoms with van der Waals surface area (Å²) in [5, 5.41) is 0. The summed E-state index contributed by atoms with van der Waals surface area (Å²) in [5.41, 5.74) is -3.77. The summed E-state index contributed by atoms with van der Waals surface area (Å²) in [6.45, 7) is 9.60. The van der Waals surface area contributed by atoms with E-state index in [1.165, 1.54) is 26.2 Å². The first-order chi connectivity index (χ1) is 24.2. The number of rotatable bonds is 8. The molecule has 0 unspecified atom stereocenters. The number of nitrogens with zero attached hydrogens (tertiary/aromatic N) is 1. The molecular formula is C39H41NO11.